The molecule has 0 aromatic heterocycles. The van der Waals surface area contributed by atoms with Crippen LogP contribution in [-0.4, -0.2) is 0 Å². The van der Waals surface area contributed by atoms with Crippen LogP contribution in [0.2, 0.25) is 0 Å². The maximum atomic E-state index is 2.40. The van der Waals surface area contributed by atoms with Gasteiger partial charge in [0.05, 0.1) is 0 Å². The first-order valence-electron chi connectivity index (χ1n) is 10.7. The first-order valence-corrected chi connectivity index (χ1v) is 10.7. The number of hydrogen-bond acceptors (Lipinski definition) is 0. The highest BCUT2D eigenvalue weighted by molar-refractivity contribution is 5.51. The van der Waals surface area contributed by atoms with Crippen LogP contribution in [0.1, 0.15) is 112 Å². The summed E-state index contributed by atoms with van der Waals surface area (Å²) in [4.78, 5) is 0. The molecule has 0 atom stereocenters. The molecule has 1 aromatic rings. The fraction of sp³-hybridized carbons (Fsp3) is 0.750. The van der Waals surface area contributed by atoms with Gasteiger partial charge in [-0.25, -0.2) is 0 Å². The first-order chi connectivity index (χ1) is 11.6. The van der Waals surface area contributed by atoms with Crippen molar-refractivity contribution in [2.45, 2.75) is 119 Å². The predicted molar refractivity (Wildman–Crippen MR) is 110 cm³/mol. The predicted octanol–water partition coefficient (Wildman–Crippen LogP) is 7.67. The SMILES string of the molecule is CCCCc1c(C)c(C)c(CCCC)c(CCCC)c1CCCC. The van der Waals surface area contributed by atoms with Gasteiger partial charge in [-0.3, -0.25) is 0 Å². The summed E-state index contributed by atoms with van der Waals surface area (Å²) in [5.41, 5.74) is 10.2. The summed E-state index contributed by atoms with van der Waals surface area (Å²) in [7, 11) is 0. The molecule has 24 heavy (non-hydrogen) atoms. The molecule has 0 aliphatic heterocycles. The molecule has 0 radical (unpaired) electrons. The van der Waals surface area contributed by atoms with Gasteiger partial charge in [0.2, 0.25) is 0 Å². The van der Waals surface area contributed by atoms with Crippen molar-refractivity contribution < 1.29 is 0 Å². The molecule has 0 aliphatic rings. The Balaban J connectivity index is 3.43. The van der Waals surface area contributed by atoms with E-state index in [4.69, 9.17) is 0 Å². The van der Waals surface area contributed by atoms with Crippen molar-refractivity contribution in [3.63, 3.8) is 0 Å². The summed E-state index contributed by atoms with van der Waals surface area (Å²) in [5, 5.41) is 0. The van der Waals surface area contributed by atoms with E-state index in [1.807, 2.05) is 0 Å². The van der Waals surface area contributed by atoms with Gasteiger partial charge in [-0.15, -0.1) is 0 Å². The zero-order chi connectivity index (χ0) is 17.9. The Kier molecular flexibility index (Phi) is 10.4. The fourth-order valence-corrected chi connectivity index (χ4v) is 3.96. The average molecular weight is 331 g/mol. The minimum Gasteiger partial charge on any atom is -0.0654 e. The average Bonchev–Trinajstić information content (AvgIpc) is 2.59. The molecule has 0 unspecified atom stereocenters. The van der Waals surface area contributed by atoms with Gasteiger partial charge < -0.3 is 0 Å². The lowest BCUT2D eigenvalue weighted by Crippen LogP contribution is -2.11. The topological polar surface area (TPSA) is 0 Å². The van der Waals surface area contributed by atoms with Gasteiger partial charge in [0.25, 0.3) is 0 Å². The summed E-state index contributed by atoms with van der Waals surface area (Å²) >= 11 is 0. The second-order valence-corrected chi connectivity index (χ2v) is 7.58. The van der Waals surface area contributed by atoms with E-state index in [0.717, 1.165) is 0 Å². The largest absolute Gasteiger partial charge is 0.0654 e. The Morgan fingerprint density at radius 2 is 0.667 bits per heavy atom. The van der Waals surface area contributed by atoms with Crippen LogP contribution < -0.4 is 0 Å². The monoisotopic (exact) mass is 330 g/mol. The molecule has 0 spiro atoms. The van der Waals surface area contributed by atoms with Crippen molar-refractivity contribution in [2.24, 2.45) is 0 Å². The molecule has 0 fully saturated rings. The third kappa shape index (κ3) is 5.64. The van der Waals surface area contributed by atoms with Crippen molar-refractivity contribution in [3.05, 3.63) is 33.4 Å². The number of rotatable bonds is 12. The van der Waals surface area contributed by atoms with Gasteiger partial charge in [-0.1, -0.05) is 53.4 Å². The van der Waals surface area contributed by atoms with Crippen LogP contribution in [0.4, 0.5) is 0 Å². The molecule has 0 bridgehead atoms. The second-order valence-electron chi connectivity index (χ2n) is 7.58. The minimum atomic E-state index is 1.29. The summed E-state index contributed by atoms with van der Waals surface area (Å²) in [6.07, 6.45) is 15.7. The molecule has 1 rings (SSSR count). The Labute approximate surface area is 152 Å². The highest BCUT2D eigenvalue weighted by atomic mass is 14.2. The minimum absolute atomic E-state index is 1.29. The molecule has 0 amide bonds. The van der Waals surface area contributed by atoms with E-state index in [9.17, 15) is 0 Å². The molecule has 0 nitrogen and oxygen atoms in total. The van der Waals surface area contributed by atoms with Gasteiger partial charge >= 0.3 is 0 Å². The maximum Gasteiger partial charge on any atom is -0.0273 e. The highest BCUT2D eigenvalue weighted by Crippen LogP contribution is 2.32. The quantitative estimate of drug-likeness (QED) is 0.369. The number of benzene rings is 1. The third-order valence-corrected chi connectivity index (χ3v) is 5.68. The van der Waals surface area contributed by atoms with Gasteiger partial charge in [-0.2, -0.15) is 0 Å². The van der Waals surface area contributed by atoms with Gasteiger partial charge in [0.1, 0.15) is 0 Å². The lowest BCUT2D eigenvalue weighted by atomic mass is 9.80. The van der Waals surface area contributed by atoms with Crippen LogP contribution in [0.5, 0.6) is 0 Å². The molecule has 1 aromatic carbocycles. The second kappa shape index (κ2) is 11.7. The van der Waals surface area contributed by atoms with Crippen molar-refractivity contribution in [2.75, 3.05) is 0 Å². The normalized spacial score (nSPS) is 11.2. The smallest absolute Gasteiger partial charge is 0.0273 e. The summed E-state index contributed by atoms with van der Waals surface area (Å²) < 4.78 is 0. The van der Waals surface area contributed by atoms with Crippen LogP contribution in [0.15, 0.2) is 0 Å². The molecule has 138 valence electrons. The Morgan fingerprint density at radius 3 is 0.917 bits per heavy atom. The van der Waals surface area contributed by atoms with Crippen LogP contribution in [0.3, 0.4) is 0 Å². The van der Waals surface area contributed by atoms with E-state index < -0.39 is 0 Å². The van der Waals surface area contributed by atoms with Crippen LogP contribution in [0.25, 0.3) is 0 Å². The van der Waals surface area contributed by atoms with Crippen LogP contribution in [-0.2, 0) is 25.7 Å². The lowest BCUT2D eigenvalue weighted by molar-refractivity contribution is 0.712. The van der Waals surface area contributed by atoms with Gasteiger partial charge in [0.15, 0.2) is 0 Å². The van der Waals surface area contributed by atoms with E-state index >= 15 is 0 Å². The number of hydrogen-bond donors (Lipinski definition) is 0. The molecule has 0 aliphatic carbocycles. The fourth-order valence-electron chi connectivity index (χ4n) is 3.96. The third-order valence-electron chi connectivity index (χ3n) is 5.68. The first kappa shape index (κ1) is 21.3. The van der Waals surface area contributed by atoms with E-state index in [1.165, 1.54) is 77.0 Å². The summed E-state index contributed by atoms with van der Waals surface area (Å²) in [6.45, 7) is 14.1. The van der Waals surface area contributed by atoms with Crippen molar-refractivity contribution >= 4 is 0 Å². The molecule has 0 saturated heterocycles. The van der Waals surface area contributed by atoms with Crippen LogP contribution in [0, 0.1) is 13.8 Å². The van der Waals surface area contributed by atoms with Crippen molar-refractivity contribution in [1.82, 2.24) is 0 Å². The Bertz CT molecular complexity index is 437. The number of unbranched alkanes of at least 4 members (excludes halogenated alkanes) is 4. The zero-order valence-corrected chi connectivity index (χ0v) is 17.5. The summed E-state index contributed by atoms with van der Waals surface area (Å²) in [5.74, 6) is 0. The molecule has 0 heterocycles. The Hall–Kier alpha value is -0.780. The summed E-state index contributed by atoms with van der Waals surface area (Å²) in [6, 6.07) is 0. The lowest BCUT2D eigenvalue weighted by Gasteiger charge is -2.25. The maximum absolute atomic E-state index is 2.40. The van der Waals surface area contributed by atoms with Crippen LogP contribution >= 0.6 is 0 Å². The highest BCUT2D eigenvalue weighted by Gasteiger charge is 2.18. The Morgan fingerprint density at radius 1 is 0.417 bits per heavy atom. The molecule has 0 heteroatoms. The van der Waals surface area contributed by atoms with Gasteiger partial charge in [-0.05, 0) is 98.6 Å². The molecular formula is C24H42. The standard InChI is InChI=1S/C24H42/c1-7-11-15-21-19(5)20(6)22(16-12-8-2)24(18-14-10-4)23(21)17-13-9-3/h7-18H2,1-6H3. The van der Waals surface area contributed by atoms with Gasteiger partial charge in [0, 0.05) is 0 Å². The molecular weight excluding hydrogens is 288 g/mol. The van der Waals surface area contributed by atoms with Crippen molar-refractivity contribution in [1.29, 1.82) is 0 Å². The van der Waals surface area contributed by atoms with E-state index in [1.54, 1.807) is 33.4 Å². The molecule has 0 saturated carbocycles. The van der Waals surface area contributed by atoms with E-state index in [2.05, 4.69) is 41.5 Å². The van der Waals surface area contributed by atoms with E-state index in [-0.39, 0.29) is 0 Å². The zero-order valence-electron chi connectivity index (χ0n) is 17.5. The molecule has 0 N–H and O–H groups in total. The van der Waals surface area contributed by atoms with Crippen molar-refractivity contribution in [3.8, 4) is 0 Å². The van der Waals surface area contributed by atoms with E-state index in [0.29, 0.717) is 0 Å².